The lowest BCUT2D eigenvalue weighted by molar-refractivity contribution is -0.0586. The van der Waals surface area contributed by atoms with Gasteiger partial charge in [-0.2, -0.15) is 4.31 Å². The zero-order valence-corrected chi connectivity index (χ0v) is 13.3. The normalized spacial score (nSPS) is 27.3. The molecule has 1 heterocycles. The molecular formula is C16H23NO3S. The molecule has 1 aliphatic carbocycles. The van der Waals surface area contributed by atoms with Crippen LogP contribution in [0.5, 0.6) is 0 Å². The van der Waals surface area contributed by atoms with Crippen LogP contribution in [-0.4, -0.2) is 38.0 Å². The first-order valence-electron chi connectivity index (χ1n) is 7.85. The number of rotatable bonds is 3. The van der Waals surface area contributed by atoms with Gasteiger partial charge in [-0.3, -0.25) is 0 Å². The van der Waals surface area contributed by atoms with Crippen LogP contribution in [0.15, 0.2) is 29.2 Å². The Morgan fingerprint density at radius 2 is 1.90 bits per heavy atom. The zero-order valence-electron chi connectivity index (χ0n) is 12.5. The first-order chi connectivity index (χ1) is 10.1. The predicted molar refractivity (Wildman–Crippen MR) is 81.7 cm³/mol. The Hall–Kier alpha value is -0.910. The fraction of sp³-hybridized carbons (Fsp3) is 0.625. The molecule has 1 aromatic carbocycles. The monoisotopic (exact) mass is 309 g/mol. The summed E-state index contributed by atoms with van der Waals surface area (Å²) in [5.74, 6) is 0. The highest BCUT2D eigenvalue weighted by atomic mass is 32.2. The van der Waals surface area contributed by atoms with Gasteiger partial charge in [-0.15, -0.1) is 0 Å². The van der Waals surface area contributed by atoms with Crippen molar-refractivity contribution in [1.29, 1.82) is 0 Å². The second-order valence-corrected chi connectivity index (χ2v) is 7.76. The molecule has 1 aliphatic heterocycles. The van der Waals surface area contributed by atoms with Crippen LogP contribution in [0, 0.1) is 0 Å². The molecule has 0 N–H and O–H groups in total. The molecule has 4 nitrogen and oxygen atoms in total. The maximum atomic E-state index is 12.9. The van der Waals surface area contributed by atoms with Crippen LogP contribution in [0.2, 0.25) is 0 Å². The number of benzene rings is 1. The van der Waals surface area contributed by atoms with Crippen molar-refractivity contribution in [3.8, 4) is 0 Å². The topological polar surface area (TPSA) is 46.6 Å². The molecular weight excluding hydrogens is 286 g/mol. The molecule has 116 valence electrons. The first-order valence-corrected chi connectivity index (χ1v) is 9.29. The van der Waals surface area contributed by atoms with E-state index in [1.807, 2.05) is 12.1 Å². The molecule has 2 fully saturated rings. The third kappa shape index (κ3) is 2.87. The van der Waals surface area contributed by atoms with Crippen LogP contribution < -0.4 is 0 Å². The van der Waals surface area contributed by atoms with Gasteiger partial charge in [-0.1, -0.05) is 31.9 Å². The molecule has 0 bridgehead atoms. The minimum atomic E-state index is -3.40. The van der Waals surface area contributed by atoms with Crippen molar-refractivity contribution in [1.82, 2.24) is 4.31 Å². The summed E-state index contributed by atoms with van der Waals surface area (Å²) in [6.07, 6.45) is 5.12. The molecule has 2 aliphatic rings. The van der Waals surface area contributed by atoms with Gasteiger partial charge in [0.05, 0.1) is 23.6 Å². The third-order valence-electron chi connectivity index (χ3n) is 4.62. The van der Waals surface area contributed by atoms with Gasteiger partial charge >= 0.3 is 0 Å². The van der Waals surface area contributed by atoms with E-state index < -0.39 is 10.0 Å². The van der Waals surface area contributed by atoms with Crippen LogP contribution >= 0.6 is 0 Å². The van der Waals surface area contributed by atoms with Crippen LogP contribution in [0.25, 0.3) is 0 Å². The standard InChI is InChI=1S/C16H23NO3S/c1-2-13-7-9-14(10-8-13)21(18,19)17-11-12-20-16-6-4-3-5-15(16)17/h7-10,15-16H,2-6,11-12H2,1H3. The summed E-state index contributed by atoms with van der Waals surface area (Å²) >= 11 is 0. The van der Waals surface area contributed by atoms with Gasteiger partial charge < -0.3 is 4.74 Å². The Kier molecular flexibility index (Phi) is 4.33. The van der Waals surface area contributed by atoms with Crippen molar-refractivity contribution >= 4 is 10.0 Å². The molecule has 2 unspecified atom stereocenters. The Morgan fingerprint density at radius 1 is 1.19 bits per heavy atom. The molecule has 1 saturated heterocycles. The summed E-state index contributed by atoms with van der Waals surface area (Å²) in [4.78, 5) is 0.408. The largest absolute Gasteiger partial charge is 0.375 e. The summed E-state index contributed by atoms with van der Waals surface area (Å²) < 4.78 is 33.3. The fourth-order valence-electron chi connectivity index (χ4n) is 3.39. The van der Waals surface area contributed by atoms with E-state index in [-0.39, 0.29) is 12.1 Å². The van der Waals surface area contributed by atoms with Crippen molar-refractivity contribution in [2.45, 2.75) is 56.1 Å². The molecule has 0 aromatic heterocycles. The maximum absolute atomic E-state index is 12.9. The average molecular weight is 309 g/mol. The van der Waals surface area contributed by atoms with Crippen LogP contribution in [-0.2, 0) is 21.2 Å². The van der Waals surface area contributed by atoms with Crippen LogP contribution in [0.3, 0.4) is 0 Å². The van der Waals surface area contributed by atoms with E-state index in [0.29, 0.717) is 18.0 Å². The lowest BCUT2D eigenvalue weighted by atomic mass is 9.91. The second kappa shape index (κ2) is 6.07. The smallest absolute Gasteiger partial charge is 0.243 e. The number of nitrogens with zero attached hydrogens (tertiary/aromatic N) is 1. The molecule has 21 heavy (non-hydrogen) atoms. The SMILES string of the molecule is CCc1ccc(S(=O)(=O)N2CCOC3CCCCC32)cc1. The van der Waals surface area contributed by atoms with Crippen molar-refractivity contribution in [3.63, 3.8) is 0 Å². The number of morpholine rings is 1. The predicted octanol–water partition coefficient (Wildman–Crippen LogP) is 2.58. The van der Waals surface area contributed by atoms with E-state index in [9.17, 15) is 8.42 Å². The maximum Gasteiger partial charge on any atom is 0.243 e. The molecule has 1 aromatic rings. The number of ether oxygens (including phenoxy) is 1. The highest BCUT2D eigenvalue weighted by Crippen LogP contribution is 2.32. The van der Waals surface area contributed by atoms with Crippen molar-refractivity contribution in [3.05, 3.63) is 29.8 Å². The van der Waals surface area contributed by atoms with E-state index in [1.54, 1.807) is 16.4 Å². The summed E-state index contributed by atoms with van der Waals surface area (Å²) in [6, 6.07) is 7.31. The Morgan fingerprint density at radius 3 is 2.62 bits per heavy atom. The highest BCUT2D eigenvalue weighted by molar-refractivity contribution is 7.89. The number of hydrogen-bond donors (Lipinski definition) is 0. The van der Waals surface area contributed by atoms with Gasteiger partial charge in [0.2, 0.25) is 10.0 Å². The lowest BCUT2D eigenvalue weighted by Crippen LogP contribution is -2.54. The van der Waals surface area contributed by atoms with Gasteiger partial charge in [0.1, 0.15) is 0 Å². The van der Waals surface area contributed by atoms with Crippen molar-refractivity contribution < 1.29 is 13.2 Å². The summed E-state index contributed by atoms with van der Waals surface area (Å²) in [7, 11) is -3.40. The molecule has 0 radical (unpaired) electrons. The molecule has 0 amide bonds. The quantitative estimate of drug-likeness (QED) is 0.862. The number of fused-ring (bicyclic) bond motifs is 1. The van der Waals surface area contributed by atoms with Gasteiger partial charge in [0, 0.05) is 6.54 Å². The van der Waals surface area contributed by atoms with E-state index in [2.05, 4.69) is 6.92 Å². The zero-order chi connectivity index (χ0) is 14.9. The first kappa shape index (κ1) is 15.0. The molecule has 1 saturated carbocycles. The Balaban J connectivity index is 1.88. The van der Waals surface area contributed by atoms with E-state index >= 15 is 0 Å². The third-order valence-corrected chi connectivity index (χ3v) is 6.56. The van der Waals surface area contributed by atoms with E-state index in [0.717, 1.165) is 37.7 Å². The molecule has 0 spiro atoms. The number of aryl methyl sites for hydroxylation is 1. The Labute approximate surface area is 127 Å². The van der Waals surface area contributed by atoms with Gasteiger partial charge in [-0.25, -0.2) is 8.42 Å². The Bertz CT molecular complexity index is 580. The number of hydrogen-bond acceptors (Lipinski definition) is 3. The summed E-state index contributed by atoms with van der Waals surface area (Å²) in [5, 5.41) is 0. The van der Waals surface area contributed by atoms with E-state index in [4.69, 9.17) is 4.74 Å². The second-order valence-electron chi connectivity index (χ2n) is 5.87. The van der Waals surface area contributed by atoms with Crippen molar-refractivity contribution in [2.75, 3.05) is 13.2 Å². The van der Waals surface area contributed by atoms with Crippen molar-refractivity contribution in [2.24, 2.45) is 0 Å². The minimum Gasteiger partial charge on any atom is -0.375 e. The van der Waals surface area contributed by atoms with Gasteiger partial charge in [0.15, 0.2) is 0 Å². The highest BCUT2D eigenvalue weighted by Gasteiger charge is 2.40. The van der Waals surface area contributed by atoms with Crippen LogP contribution in [0.4, 0.5) is 0 Å². The molecule has 2 atom stereocenters. The molecule has 5 heteroatoms. The average Bonchev–Trinajstić information content (AvgIpc) is 2.54. The minimum absolute atomic E-state index is 0.0170. The van der Waals surface area contributed by atoms with Gasteiger partial charge in [-0.05, 0) is 37.0 Å². The van der Waals surface area contributed by atoms with Crippen LogP contribution in [0.1, 0.15) is 38.2 Å². The summed E-state index contributed by atoms with van der Waals surface area (Å²) in [5.41, 5.74) is 1.16. The fourth-order valence-corrected chi connectivity index (χ4v) is 5.06. The number of sulfonamides is 1. The molecule has 3 rings (SSSR count). The van der Waals surface area contributed by atoms with Gasteiger partial charge in [0.25, 0.3) is 0 Å². The summed E-state index contributed by atoms with van der Waals surface area (Å²) in [6.45, 7) is 3.05. The lowest BCUT2D eigenvalue weighted by Gasteiger charge is -2.42. The van der Waals surface area contributed by atoms with E-state index in [1.165, 1.54) is 0 Å².